The van der Waals surface area contributed by atoms with Crippen molar-refractivity contribution in [1.29, 1.82) is 0 Å². The van der Waals surface area contributed by atoms with E-state index >= 15 is 0 Å². The standard InChI is InChI=1S/C15H19F3N2O3/c1-14(2,3)20-13(23)12(22)19-8-11(21)9-4-6-10(7-5-9)15(16,17)18/h4-7,11,21H,8H2,1-3H3,(H,19,22)(H,20,23). The van der Waals surface area contributed by atoms with E-state index in [9.17, 15) is 27.9 Å². The molecular weight excluding hydrogens is 313 g/mol. The SMILES string of the molecule is CC(C)(C)NC(=O)C(=O)NCC(O)c1ccc(C(F)(F)F)cc1. The average Bonchev–Trinajstić information content (AvgIpc) is 2.41. The molecule has 0 fully saturated rings. The number of aliphatic hydroxyl groups excluding tert-OH is 1. The highest BCUT2D eigenvalue weighted by atomic mass is 19.4. The molecule has 1 rings (SSSR count). The molecule has 0 aliphatic rings. The zero-order valence-corrected chi connectivity index (χ0v) is 13.0. The van der Waals surface area contributed by atoms with Crippen LogP contribution in [0.25, 0.3) is 0 Å². The van der Waals surface area contributed by atoms with Gasteiger partial charge in [0, 0.05) is 12.1 Å². The number of carbonyl (C=O) groups is 2. The minimum atomic E-state index is -4.46. The molecule has 8 heteroatoms. The van der Waals surface area contributed by atoms with Gasteiger partial charge in [-0.1, -0.05) is 12.1 Å². The summed E-state index contributed by atoms with van der Waals surface area (Å²) in [6.07, 6.45) is -5.67. The Morgan fingerprint density at radius 3 is 2.04 bits per heavy atom. The van der Waals surface area contributed by atoms with E-state index in [4.69, 9.17) is 0 Å². The van der Waals surface area contributed by atoms with Crippen LogP contribution in [0.15, 0.2) is 24.3 Å². The Morgan fingerprint density at radius 2 is 1.61 bits per heavy atom. The van der Waals surface area contributed by atoms with Crippen LogP contribution in [0.1, 0.15) is 38.0 Å². The Kier molecular flexibility index (Phi) is 5.76. The molecule has 0 radical (unpaired) electrons. The van der Waals surface area contributed by atoms with Crippen molar-refractivity contribution in [2.24, 2.45) is 0 Å². The van der Waals surface area contributed by atoms with E-state index in [1.165, 1.54) is 0 Å². The van der Waals surface area contributed by atoms with Crippen molar-refractivity contribution in [3.63, 3.8) is 0 Å². The first-order chi connectivity index (χ1) is 10.4. The maximum atomic E-state index is 12.4. The molecule has 1 unspecified atom stereocenters. The van der Waals surface area contributed by atoms with E-state index in [0.29, 0.717) is 0 Å². The van der Waals surface area contributed by atoms with Crippen LogP contribution >= 0.6 is 0 Å². The van der Waals surface area contributed by atoms with Crippen molar-refractivity contribution < 1.29 is 27.9 Å². The molecule has 0 aromatic heterocycles. The number of hydrogen-bond donors (Lipinski definition) is 3. The van der Waals surface area contributed by atoms with E-state index in [-0.39, 0.29) is 12.1 Å². The molecule has 5 nitrogen and oxygen atoms in total. The first-order valence-electron chi connectivity index (χ1n) is 6.86. The van der Waals surface area contributed by atoms with Crippen LogP contribution in [0.5, 0.6) is 0 Å². The van der Waals surface area contributed by atoms with Gasteiger partial charge in [0.1, 0.15) is 0 Å². The van der Waals surface area contributed by atoms with Gasteiger partial charge in [-0.25, -0.2) is 0 Å². The van der Waals surface area contributed by atoms with Gasteiger partial charge >= 0.3 is 18.0 Å². The van der Waals surface area contributed by atoms with Crippen LogP contribution in [0.2, 0.25) is 0 Å². The molecule has 128 valence electrons. The first-order valence-corrected chi connectivity index (χ1v) is 6.86. The van der Waals surface area contributed by atoms with Gasteiger partial charge in [-0.3, -0.25) is 9.59 Å². The summed E-state index contributed by atoms with van der Waals surface area (Å²) >= 11 is 0. The number of amides is 2. The summed E-state index contributed by atoms with van der Waals surface area (Å²) in [7, 11) is 0. The van der Waals surface area contributed by atoms with Gasteiger partial charge in [0.05, 0.1) is 11.7 Å². The second kappa shape index (κ2) is 6.99. The van der Waals surface area contributed by atoms with E-state index < -0.39 is 35.2 Å². The third-order valence-electron chi connectivity index (χ3n) is 2.77. The molecule has 0 aliphatic heterocycles. The minimum absolute atomic E-state index is 0.203. The Hall–Kier alpha value is -2.09. The quantitative estimate of drug-likeness (QED) is 0.738. The maximum Gasteiger partial charge on any atom is 0.416 e. The normalized spacial score (nSPS) is 13.3. The molecule has 1 aromatic carbocycles. The van der Waals surface area contributed by atoms with E-state index in [2.05, 4.69) is 10.6 Å². The second-order valence-corrected chi connectivity index (χ2v) is 6.05. The van der Waals surface area contributed by atoms with E-state index in [1.807, 2.05) is 0 Å². The largest absolute Gasteiger partial charge is 0.416 e. The Balaban J connectivity index is 2.58. The lowest BCUT2D eigenvalue weighted by Gasteiger charge is -2.20. The zero-order valence-electron chi connectivity index (χ0n) is 13.0. The summed E-state index contributed by atoms with van der Waals surface area (Å²) in [6.45, 7) is 4.82. The summed E-state index contributed by atoms with van der Waals surface area (Å²) in [5, 5.41) is 14.5. The van der Waals surface area contributed by atoms with Gasteiger partial charge in [-0.15, -0.1) is 0 Å². The smallest absolute Gasteiger partial charge is 0.387 e. The number of aliphatic hydroxyl groups is 1. The van der Waals surface area contributed by atoms with Crippen molar-refractivity contribution in [2.75, 3.05) is 6.54 Å². The number of nitrogens with one attached hydrogen (secondary N) is 2. The van der Waals surface area contributed by atoms with Crippen molar-refractivity contribution in [3.05, 3.63) is 35.4 Å². The highest BCUT2D eigenvalue weighted by Crippen LogP contribution is 2.29. The van der Waals surface area contributed by atoms with Gasteiger partial charge in [0.15, 0.2) is 0 Å². The fraction of sp³-hybridized carbons (Fsp3) is 0.467. The molecule has 1 aromatic rings. The highest BCUT2D eigenvalue weighted by molar-refractivity contribution is 6.35. The molecule has 3 N–H and O–H groups in total. The van der Waals surface area contributed by atoms with Gasteiger partial charge in [0.25, 0.3) is 0 Å². The van der Waals surface area contributed by atoms with Crippen LogP contribution in [0.3, 0.4) is 0 Å². The van der Waals surface area contributed by atoms with Crippen LogP contribution in [-0.4, -0.2) is 29.0 Å². The van der Waals surface area contributed by atoms with Gasteiger partial charge in [0.2, 0.25) is 0 Å². The lowest BCUT2D eigenvalue weighted by molar-refractivity contribution is -0.140. The lowest BCUT2D eigenvalue weighted by atomic mass is 10.1. The first kappa shape index (κ1) is 19.0. The van der Waals surface area contributed by atoms with Crippen LogP contribution in [-0.2, 0) is 15.8 Å². The Bertz CT molecular complexity index is 563. The predicted molar refractivity (Wildman–Crippen MR) is 77.3 cm³/mol. The maximum absolute atomic E-state index is 12.4. The molecule has 0 heterocycles. The predicted octanol–water partition coefficient (Wildman–Crippen LogP) is 1.77. The molecule has 0 spiro atoms. The third kappa shape index (κ3) is 6.27. The number of carbonyl (C=O) groups excluding carboxylic acids is 2. The average molecular weight is 332 g/mol. The Labute approximate surface area is 131 Å². The molecule has 0 bridgehead atoms. The molecule has 0 saturated carbocycles. The Morgan fingerprint density at radius 1 is 1.09 bits per heavy atom. The molecule has 23 heavy (non-hydrogen) atoms. The van der Waals surface area contributed by atoms with Gasteiger partial charge < -0.3 is 15.7 Å². The van der Waals surface area contributed by atoms with Crippen molar-refractivity contribution in [1.82, 2.24) is 10.6 Å². The number of benzene rings is 1. The number of rotatable bonds is 3. The summed E-state index contributed by atoms with van der Waals surface area (Å²) < 4.78 is 37.3. The van der Waals surface area contributed by atoms with Crippen molar-refractivity contribution >= 4 is 11.8 Å². The van der Waals surface area contributed by atoms with Gasteiger partial charge in [-0.2, -0.15) is 13.2 Å². The molecule has 0 saturated heterocycles. The number of halogens is 3. The monoisotopic (exact) mass is 332 g/mol. The highest BCUT2D eigenvalue weighted by Gasteiger charge is 2.30. The molecule has 1 atom stereocenters. The van der Waals surface area contributed by atoms with Crippen molar-refractivity contribution in [2.45, 2.75) is 38.6 Å². The fourth-order valence-electron chi connectivity index (χ4n) is 1.68. The summed E-state index contributed by atoms with van der Waals surface area (Å²) in [5.41, 5.74) is -1.21. The summed E-state index contributed by atoms with van der Waals surface area (Å²) in [5.74, 6) is -1.77. The van der Waals surface area contributed by atoms with Crippen molar-refractivity contribution in [3.8, 4) is 0 Å². The lowest BCUT2D eigenvalue weighted by Crippen LogP contribution is -2.48. The molecular formula is C15H19F3N2O3. The fourth-order valence-corrected chi connectivity index (χ4v) is 1.68. The van der Waals surface area contributed by atoms with Crippen LogP contribution < -0.4 is 10.6 Å². The second-order valence-electron chi connectivity index (χ2n) is 6.05. The third-order valence-corrected chi connectivity index (χ3v) is 2.77. The number of hydrogen-bond acceptors (Lipinski definition) is 3. The van der Waals surface area contributed by atoms with E-state index in [0.717, 1.165) is 24.3 Å². The topological polar surface area (TPSA) is 78.4 Å². The van der Waals surface area contributed by atoms with E-state index in [1.54, 1.807) is 20.8 Å². The minimum Gasteiger partial charge on any atom is -0.387 e. The zero-order chi connectivity index (χ0) is 17.8. The van der Waals surface area contributed by atoms with Crippen LogP contribution in [0, 0.1) is 0 Å². The van der Waals surface area contributed by atoms with Gasteiger partial charge in [-0.05, 0) is 38.5 Å². The molecule has 2 amide bonds. The number of alkyl halides is 3. The van der Waals surface area contributed by atoms with Crippen LogP contribution in [0.4, 0.5) is 13.2 Å². The summed E-state index contributed by atoms with van der Waals surface area (Å²) in [4.78, 5) is 23.1. The molecule has 0 aliphatic carbocycles. The summed E-state index contributed by atoms with van der Waals surface area (Å²) in [6, 6.07) is 3.92.